The van der Waals surface area contributed by atoms with E-state index in [-0.39, 0.29) is 18.2 Å². The monoisotopic (exact) mass is 384 g/mol. The van der Waals surface area contributed by atoms with E-state index < -0.39 is 0 Å². The molecule has 0 saturated heterocycles. The van der Waals surface area contributed by atoms with E-state index >= 15 is 0 Å². The van der Waals surface area contributed by atoms with Gasteiger partial charge in [0, 0.05) is 32.3 Å². The van der Waals surface area contributed by atoms with Gasteiger partial charge >= 0.3 is 0 Å². The third-order valence-corrected chi connectivity index (χ3v) is 5.03. The molecule has 5 heteroatoms. The van der Waals surface area contributed by atoms with E-state index in [1.54, 1.807) is 24.3 Å². The number of hydrogen-bond donors (Lipinski definition) is 1. The average molecular weight is 385 g/mol. The molecule has 3 aromatic rings. The summed E-state index contributed by atoms with van der Waals surface area (Å²) in [6.45, 7) is 3.73. The normalized spacial score (nSPS) is 10.8. The van der Waals surface area contributed by atoms with Crippen molar-refractivity contribution in [2.45, 2.75) is 20.4 Å². The van der Waals surface area contributed by atoms with Crippen molar-refractivity contribution in [2.75, 3.05) is 5.32 Å². The number of Topliss-reactive ketones (excluding diaryl/α,β-unsaturated/α-hetero) is 1. The molecule has 0 atom stereocenters. The summed E-state index contributed by atoms with van der Waals surface area (Å²) in [5.41, 5.74) is 3.34. The number of carbonyl (C=O) groups excluding carboxylic acids is 2. The predicted molar refractivity (Wildman–Crippen MR) is 99.5 cm³/mol. The van der Waals surface area contributed by atoms with Gasteiger partial charge in [-0.3, -0.25) is 9.59 Å². The largest absolute Gasteiger partial charge is 0.334 e. The zero-order valence-corrected chi connectivity index (χ0v) is 15.1. The van der Waals surface area contributed by atoms with Gasteiger partial charge in [-0.15, -0.1) is 0 Å². The Hall–Kier alpha value is -2.40. The Morgan fingerprint density at radius 3 is 2.42 bits per heavy atom. The number of fused-ring (bicyclic) bond motifs is 1. The number of rotatable bonds is 4. The summed E-state index contributed by atoms with van der Waals surface area (Å²) in [5.74, 6) is -0.103. The van der Waals surface area contributed by atoms with Crippen molar-refractivity contribution in [3.8, 4) is 0 Å². The number of halogens is 1. The van der Waals surface area contributed by atoms with Crippen LogP contribution >= 0.6 is 15.9 Å². The fourth-order valence-electron chi connectivity index (χ4n) is 2.72. The van der Waals surface area contributed by atoms with Crippen LogP contribution in [0.3, 0.4) is 0 Å². The first-order valence-electron chi connectivity index (χ1n) is 7.61. The van der Waals surface area contributed by atoms with Gasteiger partial charge in [-0.1, -0.05) is 18.2 Å². The second kappa shape index (κ2) is 6.61. The maximum atomic E-state index is 12.4. The molecule has 0 unspecified atom stereocenters. The van der Waals surface area contributed by atoms with Crippen molar-refractivity contribution < 1.29 is 9.59 Å². The Bertz CT molecular complexity index is 926. The lowest BCUT2D eigenvalue weighted by Crippen LogP contribution is -2.19. The molecule has 122 valence electrons. The van der Waals surface area contributed by atoms with E-state index in [1.807, 2.05) is 35.8 Å². The second-order valence-corrected chi connectivity index (χ2v) is 6.48. The summed E-state index contributed by atoms with van der Waals surface area (Å²) < 4.78 is 3.00. The SMILES string of the molecule is CC(=O)c1ccc(NC(=O)Cn2c(C)c(Br)c3ccccc32)cc1. The average Bonchev–Trinajstić information content (AvgIpc) is 2.81. The summed E-state index contributed by atoms with van der Waals surface area (Å²) >= 11 is 3.60. The number of ketones is 1. The zero-order valence-electron chi connectivity index (χ0n) is 13.5. The molecular formula is C19H17BrN2O2. The summed E-state index contributed by atoms with van der Waals surface area (Å²) in [4.78, 5) is 23.7. The van der Waals surface area contributed by atoms with Crippen molar-refractivity contribution in [2.24, 2.45) is 0 Å². The molecule has 2 aromatic carbocycles. The molecule has 0 bridgehead atoms. The Balaban J connectivity index is 1.80. The van der Waals surface area contributed by atoms with Crippen LogP contribution in [-0.2, 0) is 11.3 Å². The summed E-state index contributed by atoms with van der Waals surface area (Å²) in [6, 6.07) is 14.9. The molecule has 1 N–H and O–H groups in total. The van der Waals surface area contributed by atoms with E-state index in [0.717, 1.165) is 21.1 Å². The van der Waals surface area contributed by atoms with E-state index in [4.69, 9.17) is 0 Å². The smallest absolute Gasteiger partial charge is 0.244 e. The first kappa shape index (κ1) is 16.5. The maximum Gasteiger partial charge on any atom is 0.244 e. The van der Waals surface area contributed by atoms with E-state index in [0.29, 0.717) is 11.3 Å². The summed E-state index contributed by atoms with van der Waals surface area (Å²) in [7, 11) is 0. The lowest BCUT2D eigenvalue weighted by Gasteiger charge is -2.10. The van der Waals surface area contributed by atoms with Crippen molar-refractivity contribution in [1.82, 2.24) is 4.57 Å². The van der Waals surface area contributed by atoms with Gasteiger partial charge in [0.15, 0.2) is 5.78 Å². The molecule has 1 aromatic heterocycles. The van der Waals surface area contributed by atoms with Crippen LogP contribution < -0.4 is 5.32 Å². The molecule has 4 nitrogen and oxygen atoms in total. The van der Waals surface area contributed by atoms with Gasteiger partial charge in [0.05, 0.1) is 0 Å². The number of amides is 1. The molecule has 0 spiro atoms. The molecule has 3 rings (SSSR count). The minimum Gasteiger partial charge on any atom is -0.334 e. The molecule has 0 aliphatic rings. The Labute approximate surface area is 148 Å². The van der Waals surface area contributed by atoms with Gasteiger partial charge < -0.3 is 9.88 Å². The van der Waals surface area contributed by atoms with Gasteiger partial charge in [-0.2, -0.15) is 0 Å². The molecule has 0 radical (unpaired) electrons. The number of nitrogens with one attached hydrogen (secondary N) is 1. The first-order valence-corrected chi connectivity index (χ1v) is 8.41. The minimum absolute atomic E-state index is 0.00663. The highest BCUT2D eigenvalue weighted by Gasteiger charge is 2.14. The summed E-state index contributed by atoms with van der Waals surface area (Å²) in [5, 5.41) is 3.96. The van der Waals surface area contributed by atoms with Crippen molar-refractivity contribution in [1.29, 1.82) is 0 Å². The quantitative estimate of drug-likeness (QED) is 0.670. The number of para-hydroxylation sites is 1. The summed E-state index contributed by atoms with van der Waals surface area (Å²) in [6.07, 6.45) is 0. The predicted octanol–water partition coefficient (Wildman–Crippen LogP) is 4.55. The highest BCUT2D eigenvalue weighted by atomic mass is 79.9. The van der Waals surface area contributed by atoms with Crippen LogP contribution in [-0.4, -0.2) is 16.3 Å². The lowest BCUT2D eigenvalue weighted by molar-refractivity contribution is -0.116. The lowest BCUT2D eigenvalue weighted by atomic mass is 10.1. The number of anilines is 1. The Kier molecular flexibility index (Phi) is 4.53. The van der Waals surface area contributed by atoms with Crippen LogP contribution in [0.15, 0.2) is 53.0 Å². The Morgan fingerprint density at radius 2 is 1.75 bits per heavy atom. The van der Waals surface area contributed by atoms with Crippen molar-refractivity contribution in [3.05, 3.63) is 64.3 Å². The highest BCUT2D eigenvalue weighted by molar-refractivity contribution is 9.10. The number of aromatic nitrogens is 1. The number of hydrogen-bond acceptors (Lipinski definition) is 2. The molecule has 24 heavy (non-hydrogen) atoms. The van der Waals surface area contributed by atoms with Gasteiger partial charge in [0.2, 0.25) is 5.91 Å². The molecule has 0 aliphatic heterocycles. The molecule has 1 heterocycles. The molecular weight excluding hydrogens is 368 g/mol. The first-order chi connectivity index (χ1) is 11.5. The third-order valence-electron chi connectivity index (χ3n) is 4.03. The van der Waals surface area contributed by atoms with Crippen molar-refractivity contribution >= 4 is 44.2 Å². The molecule has 1 amide bonds. The molecule has 0 saturated carbocycles. The van der Waals surface area contributed by atoms with Gasteiger partial charge in [-0.05, 0) is 60.1 Å². The van der Waals surface area contributed by atoms with Crippen LogP contribution in [0.2, 0.25) is 0 Å². The molecule has 0 fully saturated rings. The van der Waals surface area contributed by atoms with E-state index in [1.165, 1.54) is 6.92 Å². The van der Waals surface area contributed by atoms with Crippen LogP contribution in [0.5, 0.6) is 0 Å². The maximum absolute atomic E-state index is 12.4. The van der Waals surface area contributed by atoms with Crippen molar-refractivity contribution in [3.63, 3.8) is 0 Å². The zero-order chi connectivity index (χ0) is 17.3. The van der Waals surface area contributed by atoms with Crippen LogP contribution in [0, 0.1) is 6.92 Å². The van der Waals surface area contributed by atoms with E-state index in [2.05, 4.69) is 21.2 Å². The van der Waals surface area contributed by atoms with Gasteiger partial charge in [-0.25, -0.2) is 0 Å². The van der Waals surface area contributed by atoms with Gasteiger partial charge in [0.25, 0.3) is 0 Å². The van der Waals surface area contributed by atoms with E-state index in [9.17, 15) is 9.59 Å². The third kappa shape index (κ3) is 3.12. The number of benzene rings is 2. The molecule has 0 aliphatic carbocycles. The fraction of sp³-hybridized carbons (Fsp3) is 0.158. The minimum atomic E-state index is -0.109. The highest BCUT2D eigenvalue weighted by Crippen LogP contribution is 2.30. The second-order valence-electron chi connectivity index (χ2n) is 5.68. The van der Waals surface area contributed by atoms with Gasteiger partial charge in [0.1, 0.15) is 6.54 Å². The van der Waals surface area contributed by atoms with Crippen LogP contribution in [0.25, 0.3) is 10.9 Å². The topological polar surface area (TPSA) is 51.1 Å². The Morgan fingerprint density at radius 1 is 1.08 bits per heavy atom. The fourth-order valence-corrected chi connectivity index (χ4v) is 3.27. The number of carbonyl (C=O) groups is 2. The number of nitrogens with zero attached hydrogens (tertiary/aromatic N) is 1. The van der Waals surface area contributed by atoms with Crippen LogP contribution in [0.1, 0.15) is 23.0 Å². The van der Waals surface area contributed by atoms with Crippen LogP contribution in [0.4, 0.5) is 5.69 Å². The standard InChI is InChI=1S/C19H17BrN2O2/c1-12-19(20)16-5-3-4-6-17(16)22(12)11-18(24)21-15-9-7-14(8-10-15)13(2)23/h3-10H,11H2,1-2H3,(H,21,24).